The van der Waals surface area contributed by atoms with Crippen molar-refractivity contribution in [3.8, 4) is 0 Å². The average molecular weight is 373 g/mol. The number of carbonyl (C=O) groups excluding carboxylic acids is 2. The zero-order valence-electron chi connectivity index (χ0n) is 13.3. The summed E-state index contributed by atoms with van der Waals surface area (Å²) < 4.78 is 0. The molecule has 3 N–H and O–H groups in total. The molecule has 6 nitrogen and oxygen atoms in total. The van der Waals surface area contributed by atoms with Crippen molar-refractivity contribution in [2.45, 2.75) is 12.8 Å². The molecule has 2 heterocycles. The number of urea groups is 1. The molecule has 1 atom stereocenters. The van der Waals surface area contributed by atoms with E-state index in [-0.39, 0.29) is 24.3 Å². The molecule has 3 amide bonds. The number of halogens is 2. The van der Waals surface area contributed by atoms with Gasteiger partial charge in [0.25, 0.3) is 5.91 Å². The summed E-state index contributed by atoms with van der Waals surface area (Å²) in [5.74, 6) is 0.512. The highest BCUT2D eigenvalue weighted by Crippen LogP contribution is 2.28. The van der Waals surface area contributed by atoms with Gasteiger partial charge in [0.05, 0.1) is 10.7 Å². The third-order valence-electron chi connectivity index (χ3n) is 4.36. The first-order chi connectivity index (χ1) is 11.1. The lowest BCUT2D eigenvalue weighted by Crippen LogP contribution is -2.29. The van der Waals surface area contributed by atoms with Crippen molar-refractivity contribution in [3.63, 3.8) is 0 Å². The quantitative estimate of drug-likeness (QED) is 0.740. The minimum atomic E-state index is -0.182. The molecule has 2 fully saturated rings. The second kappa shape index (κ2) is 8.55. The van der Waals surface area contributed by atoms with Gasteiger partial charge in [-0.2, -0.15) is 0 Å². The number of nitrogens with one attached hydrogen (secondary N) is 3. The fourth-order valence-electron chi connectivity index (χ4n) is 3.01. The van der Waals surface area contributed by atoms with Crippen LogP contribution < -0.4 is 20.9 Å². The Morgan fingerprint density at radius 3 is 2.88 bits per heavy atom. The Bertz CT molecular complexity index is 606. The van der Waals surface area contributed by atoms with Crippen LogP contribution in [0.2, 0.25) is 5.02 Å². The van der Waals surface area contributed by atoms with E-state index < -0.39 is 0 Å². The molecule has 0 bridgehead atoms. The highest BCUT2D eigenvalue weighted by atomic mass is 35.5. The Labute approximate surface area is 152 Å². The van der Waals surface area contributed by atoms with E-state index in [1.807, 2.05) is 0 Å². The number of amides is 3. The van der Waals surface area contributed by atoms with E-state index in [4.69, 9.17) is 11.6 Å². The molecule has 8 heteroatoms. The maximum Gasteiger partial charge on any atom is 0.322 e. The van der Waals surface area contributed by atoms with Gasteiger partial charge in [0.15, 0.2) is 0 Å². The van der Waals surface area contributed by atoms with Crippen LogP contribution in [0.1, 0.15) is 23.2 Å². The molecule has 2 aliphatic heterocycles. The minimum absolute atomic E-state index is 0. The van der Waals surface area contributed by atoms with E-state index in [9.17, 15) is 9.59 Å². The van der Waals surface area contributed by atoms with E-state index in [0.29, 0.717) is 41.8 Å². The summed E-state index contributed by atoms with van der Waals surface area (Å²) in [5.41, 5.74) is 1.10. The monoisotopic (exact) mass is 372 g/mol. The molecule has 2 saturated heterocycles. The van der Waals surface area contributed by atoms with Gasteiger partial charge >= 0.3 is 6.03 Å². The highest BCUT2D eigenvalue weighted by Gasteiger charge is 2.24. The number of anilines is 1. The molecule has 0 saturated carbocycles. The fourth-order valence-corrected chi connectivity index (χ4v) is 3.23. The van der Waals surface area contributed by atoms with E-state index in [1.165, 1.54) is 6.42 Å². The molecule has 24 heavy (non-hydrogen) atoms. The summed E-state index contributed by atoms with van der Waals surface area (Å²) in [5, 5.41) is 9.47. The van der Waals surface area contributed by atoms with Crippen molar-refractivity contribution in [1.82, 2.24) is 16.0 Å². The van der Waals surface area contributed by atoms with Crippen LogP contribution in [0.15, 0.2) is 18.2 Å². The molecule has 0 aromatic heterocycles. The van der Waals surface area contributed by atoms with Gasteiger partial charge in [-0.3, -0.25) is 9.69 Å². The molecule has 2 aliphatic rings. The summed E-state index contributed by atoms with van der Waals surface area (Å²) in [6, 6.07) is 4.85. The maximum atomic E-state index is 12.3. The summed E-state index contributed by atoms with van der Waals surface area (Å²) in [6.45, 7) is 3.90. The van der Waals surface area contributed by atoms with Crippen molar-refractivity contribution in [1.29, 1.82) is 0 Å². The van der Waals surface area contributed by atoms with Crippen LogP contribution in [0.25, 0.3) is 0 Å². The Morgan fingerprint density at radius 1 is 1.38 bits per heavy atom. The van der Waals surface area contributed by atoms with Crippen LogP contribution in [0.3, 0.4) is 0 Å². The third kappa shape index (κ3) is 4.32. The van der Waals surface area contributed by atoms with Crippen molar-refractivity contribution in [2.24, 2.45) is 5.92 Å². The molecule has 0 spiro atoms. The summed E-state index contributed by atoms with van der Waals surface area (Å²) in [7, 11) is 0. The van der Waals surface area contributed by atoms with E-state index >= 15 is 0 Å². The molecule has 0 aliphatic carbocycles. The second-order valence-corrected chi connectivity index (χ2v) is 6.36. The zero-order valence-corrected chi connectivity index (χ0v) is 14.9. The zero-order chi connectivity index (χ0) is 16.2. The Balaban J connectivity index is 0.00000208. The smallest absolute Gasteiger partial charge is 0.322 e. The number of hydrogen-bond acceptors (Lipinski definition) is 3. The fraction of sp³-hybridized carbons (Fsp3) is 0.500. The van der Waals surface area contributed by atoms with Gasteiger partial charge < -0.3 is 16.0 Å². The van der Waals surface area contributed by atoms with Crippen LogP contribution >= 0.6 is 24.0 Å². The molecule has 132 valence electrons. The number of carbonyl (C=O) groups is 2. The predicted molar refractivity (Wildman–Crippen MR) is 97.4 cm³/mol. The first-order valence-corrected chi connectivity index (χ1v) is 8.37. The largest absolute Gasteiger partial charge is 0.352 e. The van der Waals surface area contributed by atoms with Gasteiger partial charge in [0.1, 0.15) is 0 Å². The van der Waals surface area contributed by atoms with Crippen molar-refractivity contribution in [2.75, 3.05) is 37.6 Å². The summed E-state index contributed by atoms with van der Waals surface area (Å²) >= 11 is 6.18. The second-order valence-electron chi connectivity index (χ2n) is 5.95. The number of benzene rings is 1. The average Bonchev–Trinajstić information content (AvgIpc) is 3.19. The van der Waals surface area contributed by atoms with Crippen LogP contribution in [-0.4, -0.2) is 44.7 Å². The Kier molecular flexibility index (Phi) is 6.71. The van der Waals surface area contributed by atoms with E-state index in [2.05, 4.69) is 16.0 Å². The molecule has 1 unspecified atom stereocenters. The number of nitrogens with zero attached hydrogens (tertiary/aromatic N) is 1. The maximum absolute atomic E-state index is 12.3. The molecular weight excluding hydrogens is 351 g/mol. The topological polar surface area (TPSA) is 73.5 Å². The first-order valence-electron chi connectivity index (χ1n) is 7.99. The van der Waals surface area contributed by atoms with Gasteiger partial charge in [0, 0.05) is 25.2 Å². The molecule has 1 aromatic rings. The van der Waals surface area contributed by atoms with Crippen LogP contribution in [0.5, 0.6) is 0 Å². The van der Waals surface area contributed by atoms with Gasteiger partial charge in [0.2, 0.25) is 0 Å². The summed E-state index contributed by atoms with van der Waals surface area (Å²) in [6.07, 6.45) is 2.15. The number of rotatable bonds is 5. The van der Waals surface area contributed by atoms with Crippen molar-refractivity contribution in [3.05, 3.63) is 28.8 Å². The molecule has 3 rings (SSSR count). The number of hydrogen-bond donors (Lipinski definition) is 3. The van der Waals surface area contributed by atoms with E-state index in [1.54, 1.807) is 23.1 Å². The summed E-state index contributed by atoms with van der Waals surface area (Å²) in [4.78, 5) is 25.6. The van der Waals surface area contributed by atoms with Crippen molar-refractivity contribution < 1.29 is 9.59 Å². The first kappa shape index (κ1) is 18.8. The van der Waals surface area contributed by atoms with Crippen LogP contribution in [0.4, 0.5) is 10.5 Å². The predicted octanol–water partition coefficient (Wildman–Crippen LogP) is 2.02. The van der Waals surface area contributed by atoms with Gasteiger partial charge in [-0.15, -0.1) is 12.4 Å². The third-order valence-corrected chi connectivity index (χ3v) is 4.68. The minimum Gasteiger partial charge on any atom is -0.352 e. The van der Waals surface area contributed by atoms with E-state index in [0.717, 1.165) is 19.5 Å². The SMILES string of the molecule is Cl.O=C(NCCC1CCNC1)c1ccc(Cl)c(N2CCNC2=O)c1. The van der Waals surface area contributed by atoms with Crippen molar-refractivity contribution >= 4 is 41.6 Å². The lowest BCUT2D eigenvalue weighted by atomic mass is 10.1. The normalized spacial score (nSPS) is 19.8. The van der Waals surface area contributed by atoms with Crippen LogP contribution in [0, 0.1) is 5.92 Å². The van der Waals surface area contributed by atoms with Crippen LogP contribution in [-0.2, 0) is 0 Å². The highest BCUT2D eigenvalue weighted by molar-refractivity contribution is 6.34. The lowest BCUT2D eigenvalue weighted by molar-refractivity contribution is 0.0951. The lowest BCUT2D eigenvalue weighted by Gasteiger charge is -2.17. The molecule has 1 aromatic carbocycles. The standard InChI is InChI=1S/C16H21ClN4O2.ClH/c17-13-2-1-12(9-14(13)21-8-7-20-16(21)23)15(22)19-6-4-11-3-5-18-10-11;/h1-2,9,11,18H,3-8,10H2,(H,19,22)(H,20,23);1H. The Morgan fingerprint density at radius 2 is 2.21 bits per heavy atom. The molecular formula is C16H22Cl2N4O2. The molecule has 0 radical (unpaired) electrons. The van der Waals surface area contributed by atoms with Gasteiger partial charge in [-0.05, 0) is 50.0 Å². The van der Waals surface area contributed by atoms with Gasteiger partial charge in [-0.1, -0.05) is 11.6 Å². The Hall–Kier alpha value is -1.50. The van der Waals surface area contributed by atoms with Gasteiger partial charge in [-0.25, -0.2) is 4.79 Å².